The second kappa shape index (κ2) is 7.33. The molecule has 1 fully saturated rings. The number of rotatable bonds is 4. The first-order valence-corrected chi connectivity index (χ1v) is 11.1. The van der Waals surface area contributed by atoms with Crippen LogP contribution in [0.5, 0.6) is 0 Å². The summed E-state index contributed by atoms with van der Waals surface area (Å²) in [5.74, 6) is 0. The van der Waals surface area contributed by atoms with E-state index in [0.717, 1.165) is 15.7 Å². The Hall–Kier alpha value is -1.37. The standard InChI is InChI=1S/C20H24BrNO3S/c1-20(2,23)15-8-9-19(18(21)14-15)22-12-10-17(11-13-22)26(24,25)16-6-4-3-5-7-16/h3-9,14,17,23H,10-13H2,1-2H3. The van der Waals surface area contributed by atoms with Gasteiger partial charge in [-0.05, 0) is 72.4 Å². The van der Waals surface area contributed by atoms with Gasteiger partial charge < -0.3 is 10.0 Å². The monoisotopic (exact) mass is 437 g/mol. The number of anilines is 1. The number of halogens is 1. The fourth-order valence-corrected chi connectivity index (χ4v) is 5.74. The molecule has 26 heavy (non-hydrogen) atoms. The largest absolute Gasteiger partial charge is 0.386 e. The molecule has 3 rings (SSSR count). The van der Waals surface area contributed by atoms with Crippen LogP contribution in [0.4, 0.5) is 5.69 Å². The molecule has 1 aliphatic rings. The van der Waals surface area contributed by atoms with Gasteiger partial charge in [-0.2, -0.15) is 0 Å². The summed E-state index contributed by atoms with van der Waals surface area (Å²) in [5.41, 5.74) is 0.987. The predicted octanol–water partition coefficient (Wildman–Crippen LogP) is 4.12. The van der Waals surface area contributed by atoms with Gasteiger partial charge in [-0.1, -0.05) is 24.3 Å². The highest BCUT2D eigenvalue weighted by atomic mass is 79.9. The first kappa shape index (κ1) is 19.4. The van der Waals surface area contributed by atoms with E-state index in [2.05, 4.69) is 20.8 Å². The molecule has 0 aromatic heterocycles. The van der Waals surface area contributed by atoms with E-state index in [1.807, 2.05) is 24.3 Å². The van der Waals surface area contributed by atoms with Crippen molar-refractivity contribution in [3.8, 4) is 0 Å². The molecule has 0 atom stereocenters. The van der Waals surface area contributed by atoms with E-state index in [1.54, 1.807) is 38.1 Å². The molecule has 140 valence electrons. The summed E-state index contributed by atoms with van der Waals surface area (Å²) in [5, 5.41) is 9.81. The normalized spacial score (nSPS) is 16.7. The number of nitrogens with zero attached hydrogens (tertiary/aromatic N) is 1. The van der Waals surface area contributed by atoms with Gasteiger partial charge in [0.2, 0.25) is 0 Å². The molecule has 0 spiro atoms. The first-order valence-electron chi connectivity index (χ1n) is 8.76. The summed E-state index contributed by atoms with van der Waals surface area (Å²) in [6, 6.07) is 14.6. The van der Waals surface area contributed by atoms with Crippen molar-refractivity contribution in [3.05, 3.63) is 58.6 Å². The van der Waals surface area contributed by atoms with Crippen molar-refractivity contribution in [2.45, 2.75) is 42.4 Å². The SMILES string of the molecule is CC(C)(O)c1ccc(N2CCC(S(=O)(=O)c3ccccc3)CC2)c(Br)c1. The minimum atomic E-state index is -3.28. The molecule has 0 bridgehead atoms. The minimum absolute atomic E-state index is 0.337. The Morgan fingerprint density at radius 1 is 1.08 bits per heavy atom. The van der Waals surface area contributed by atoms with Gasteiger partial charge >= 0.3 is 0 Å². The molecule has 1 N–H and O–H groups in total. The maximum atomic E-state index is 12.8. The Balaban J connectivity index is 1.73. The molecular formula is C20H24BrNO3S. The van der Waals surface area contributed by atoms with Gasteiger partial charge in [-0.25, -0.2) is 8.42 Å². The van der Waals surface area contributed by atoms with E-state index < -0.39 is 15.4 Å². The highest BCUT2D eigenvalue weighted by Gasteiger charge is 2.31. The van der Waals surface area contributed by atoms with Crippen LogP contribution >= 0.6 is 15.9 Å². The summed E-state index contributed by atoms with van der Waals surface area (Å²) in [6.07, 6.45) is 1.22. The van der Waals surface area contributed by atoms with E-state index in [9.17, 15) is 13.5 Å². The fraction of sp³-hybridized carbons (Fsp3) is 0.400. The zero-order valence-electron chi connectivity index (χ0n) is 15.0. The van der Waals surface area contributed by atoms with Crippen LogP contribution in [0.2, 0.25) is 0 Å². The van der Waals surface area contributed by atoms with Gasteiger partial charge in [0.05, 0.1) is 21.4 Å². The maximum absolute atomic E-state index is 12.8. The maximum Gasteiger partial charge on any atom is 0.181 e. The van der Waals surface area contributed by atoms with Crippen molar-refractivity contribution in [2.24, 2.45) is 0 Å². The predicted molar refractivity (Wildman–Crippen MR) is 108 cm³/mol. The quantitative estimate of drug-likeness (QED) is 0.781. The number of hydrogen-bond donors (Lipinski definition) is 1. The van der Waals surface area contributed by atoms with Crippen molar-refractivity contribution in [3.63, 3.8) is 0 Å². The van der Waals surface area contributed by atoms with Crippen LogP contribution in [-0.4, -0.2) is 31.9 Å². The number of hydrogen-bond acceptors (Lipinski definition) is 4. The third-order valence-corrected chi connectivity index (χ3v) is 7.86. The smallest absolute Gasteiger partial charge is 0.181 e. The van der Waals surface area contributed by atoms with Gasteiger partial charge in [-0.3, -0.25) is 0 Å². The molecule has 0 amide bonds. The molecule has 1 aliphatic heterocycles. The van der Waals surface area contributed by atoms with Crippen LogP contribution in [0.3, 0.4) is 0 Å². The first-order chi connectivity index (χ1) is 12.2. The Morgan fingerprint density at radius 2 is 1.69 bits per heavy atom. The molecule has 6 heteroatoms. The molecule has 2 aromatic carbocycles. The Labute approximate surface area is 163 Å². The topological polar surface area (TPSA) is 57.6 Å². The number of sulfone groups is 1. The number of aliphatic hydroxyl groups is 1. The van der Waals surface area contributed by atoms with Crippen LogP contribution in [-0.2, 0) is 15.4 Å². The molecule has 1 heterocycles. The van der Waals surface area contributed by atoms with Gasteiger partial charge in [0.1, 0.15) is 0 Å². The van der Waals surface area contributed by atoms with E-state index in [0.29, 0.717) is 30.8 Å². The highest BCUT2D eigenvalue weighted by molar-refractivity contribution is 9.10. The second-order valence-corrected chi connectivity index (χ2v) is 10.4. The van der Waals surface area contributed by atoms with E-state index in [1.165, 1.54) is 0 Å². The molecule has 0 radical (unpaired) electrons. The molecule has 1 saturated heterocycles. The lowest BCUT2D eigenvalue weighted by Crippen LogP contribution is -2.39. The van der Waals surface area contributed by atoms with E-state index in [4.69, 9.17) is 0 Å². The molecule has 2 aromatic rings. The molecule has 4 nitrogen and oxygen atoms in total. The van der Waals surface area contributed by atoms with Gasteiger partial charge in [0, 0.05) is 17.6 Å². The third kappa shape index (κ3) is 3.97. The van der Waals surface area contributed by atoms with Crippen LogP contribution in [0.15, 0.2) is 57.9 Å². The number of benzene rings is 2. The van der Waals surface area contributed by atoms with E-state index in [-0.39, 0.29) is 5.25 Å². The Morgan fingerprint density at radius 3 is 2.23 bits per heavy atom. The van der Waals surface area contributed by atoms with Crippen molar-refractivity contribution >= 4 is 31.5 Å². The summed E-state index contributed by atoms with van der Waals surface area (Å²) < 4.78 is 26.5. The zero-order valence-corrected chi connectivity index (χ0v) is 17.4. The van der Waals surface area contributed by atoms with Gasteiger partial charge in [0.25, 0.3) is 0 Å². The van der Waals surface area contributed by atoms with Crippen LogP contribution in [0.25, 0.3) is 0 Å². The lowest BCUT2D eigenvalue weighted by atomic mass is 9.98. The zero-order chi connectivity index (χ0) is 18.9. The lowest BCUT2D eigenvalue weighted by molar-refractivity contribution is 0.0785. The van der Waals surface area contributed by atoms with Crippen LogP contribution in [0.1, 0.15) is 32.3 Å². The molecule has 0 aliphatic carbocycles. The average molecular weight is 438 g/mol. The average Bonchev–Trinajstić information content (AvgIpc) is 2.62. The molecule has 0 saturated carbocycles. The van der Waals surface area contributed by atoms with E-state index >= 15 is 0 Å². The summed E-state index contributed by atoms with van der Waals surface area (Å²) in [7, 11) is -3.28. The van der Waals surface area contributed by atoms with Crippen molar-refractivity contribution in [1.29, 1.82) is 0 Å². The van der Waals surface area contributed by atoms with Crippen molar-refractivity contribution in [1.82, 2.24) is 0 Å². The second-order valence-electron chi connectivity index (χ2n) is 7.27. The Bertz CT molecular complexity index is 868. The summed E-state index contributed by atoms with van der Waals surface area (Å²) in [4.78, 5) is 2.61. The lowest BCUT2D eigenvalue weighted by Gasteiger charge is -2.34. The van der Waals surface area contributed by atoms with Gasteiger partial charge in [0.15, 0.2) is 9.84 Å². The van der Waals surface area contributed by atoms with Crippen molar-refractivity contribution < 1.29 is 13.5 Å². The fourth-order valence-electron chi connectivity index (χ4n) is 3.35. The minimum Gasteiger partial charge on any atom is -0.386 e. The van der Waals surface area contributed by atoms with Crippen LogP contribution in [0, 0.1) is 0 Å². The highest BCUT2D eigenvalue weighted by Crippen LogP contribution is 2.34. The molecule has 0 unspecified atom stereocenters. The summed E-state index contributed by atoms with van der Waals surface area (Å²) >= 11 is 3.60. The van der Waals surface area contributed by atoms with Crippen molar-refractivity contribution in [2.75, 3.05) is 18.0 Å². The molecular weight excluding hydrogens is 414 g/mol. The Kier molecular flexibility index (Phi) is 5.47. The van der Waals surface area contributed by atoms with Crippen LogP contribution < -0.4 is 4.90 Å². The van der Waals surface area contributed by atoms with Gasteiger partial charge in [-0.15, -0.1) is 0 Å². The number of piperidine rings is 1. The summed E-state index contributed by atoms with van der Waals surface area (Å²) in [6.45, 7) is 4.90. The third-order valence-electron chi connectivity index (χ3n) is 4.95.